The summed E-state index contributed by atoms with van der Waals surface area (Å²) in [5, 5.41) is 0. The van der Waals surface area contributed by atoms with Crippen molar-refractivity contribution >= 4 is 11.5 Å². The van der Waals surface area contributed by atoms with Crippen LogP contribution in [0.25, 0.3) is 0 Å². The number of aromatic nitrogens is 1. The van der Waals surface area contributed by atoms with Crippen molar-refractivity contribution < 1.29 is 9.53 Å². The fraction of sp³-hybridized carbons (Fsp3) is 0.250. The molecule has 0 aliphatic heterocycles. The molecule has 0 saturated carbocycles. The lowest BCUT2D eigenvalue weighted by atomic mass is 10.2. The molecule has 5 heteroatoms. The zero-order chi connectivity index (χ0) is 15.4. The third-order valence-corrected chi connectivity index (χ3v) is 3.21. The van der Waals surface area contributed by atoms with Gasteiger partial charge in [0.1, 0.15) is 12.4 Å². The lowest BCUT2D eigenvalue weighted by Gasteiger charge is -2.12. The first kappa shape index (κ1) is 14.8. The van der Waals surface area contributed by atoms with Gasteiger partial charge < -0.3 is 15.0 Å². The van der Waals surface area contributed by atoms with Gasteiger partial charge in [0.05, 0.1) is 12.1 Å². The van der Waals surface area contributed by atoms with E-state index in [0.717, 1.165) is 5.69 Å². The summed E-state index contributed by atoms with van der Waals surface area (Å²) in [4.78, 5) is 23.6. The summed E-state index contributed by atoms with van der Waals surface area (Å²) in [7, 11) is 0. The van der Waals surface area contributed by atoms with E-state index in [1.165, 1.54) is 6.92 Å². The molecule has 0 fully saturated rings. The second kappa shape index (κ2) is 6.26. The Morgan fingerprint density at radius 3 is 2.71 bits per heavy atom. The number of pyridine rings is 1. The van der Waals surface area contributed by atoms with Crippen molar-refractivity contribution in [1.29, 1.82) is 0 Å². The molecule has 1 aromatic carbocycles. The van der Waals surface area contributed by atoms with Crippen LogP contribution in [0.15, 0.2) is 41.2 Å². The minimum atomic E-state index is -0.279. The smallest absolute Gasteiger partial charge is 0.261 e. The highest BCUT2D eigenvalue weighted by atomic mass is 16.5. The maximum absolute atomic E-state index is 12.2. The first-order valence-electron chi connectivity index (χ1n) is 6.69. The maximum atomic E-state index is 12.2. The van der Waals surface area contributed by atoms with Crippen LogP contribution in [0, 0.1) is 6.92 Å². The van der Waals surface area contributed by atoms with Crippen molar-refractivity contribution in [2.24, 2.45) is 0 Å². The van der Waals surface area contributed by atoms with Gasteiger partial charge in [-0.3, -0.25) is 9.59 Å². The molecule has 0 unspecified atom stereocenters. The minimum Gasteiger partial charge on any atom is -0.492 e. The molecule has 0 aliphatic rings. The molecule has 2 aromatic rings. The van der Waals surface area contributed by atoms with Gasteiger partial charge in [0.15, 0.2) is 5.78 Å². The number of ketones is 1. The van der Waals surface area contributed by atoms with E-state index in [2.05, 4.69) is 0 Å². The summed E-state index contributed by atoms with van der Waals surface area (Å²) in [5.41, 5.74) is 7.01. The number of benzene rings is 1. The molecule has 0 spiro atoms. The molecule has 2 N–H and O–H groups in total. The van der Waals surface area contributed by atoms with Gasteiger partial charge >= 0.3 is 0 Å². The van der Waals surface area contributed by atoms with E-state index >= 15 is 0 Å². The predicted octanol–water partition coefficient (Wildman–Crippen LogP) is 2.02. The van der Waals surface area contributed by atoms with Crippen molar-refractivity contribution in [3.05, 3.63) is 58.0 Å². The van der Waals surface area contributed by atoms with Crippen LogP contribution >= 0.6 is 0 Å². The molecule has 5 nitrogen and oxygen atoms in total. The first-order chi connectivity index (χ1) is 9.99. The van der Waals surface area contributed by atoms with Gasteiger partial charge in [0, 0.05) is 17.4 Å². The van der Waals surface area contributed by atoms with Gasteiger partial charge in [-0.25, -0.2) is 0 Å². The number of hydrogen-bond acceptors (Lipinski definition) is 4. The van der Waals surface area contributed by atoms with Crippen LogP contribution in [0.2, 0.25) is 0 Å². The van der Waals surface area contributed by atoms with E-state index in [9.17, 15) is 9.59 Å². The average molecular weight is 286 g/mol. The molecule has 1 heterocycles. The van der Waals surface area contributed by atoms with Crippen molar-refractivity contribution in [3.8, 4) is 5.75 Å². The number of nitrogen functional groups attached to an aromatic ring is 1. The Bertz CT molecular complexity index is 720. The van der Waals surface area contributed by atoms with Gasteiger partial charge in [-0.2, -0.15) is 0 Å². The van der Waals surface area contributed by atoms with Crippen LogP contribution in [0.4, 0.5) is 5.69 Å². The van der Waals surface area contributed by atoms with Gasteiger partial charge in [-0.05, 0) is 38.1 Å². The van der Waals surface area contributed by atoms with Gasteiger partial charge in [0.25, 0.3) is 5.56 Å². The molecule has 0 saturated heterocycles. The fourth-order valence-corrected chi connectivity index (χ4v) is 2.08. The number of carbonyl (C=O) groups excluding carboxylic acids is 1. The topological polar surface area (TPSA) is 74.3 Å². The van der Waals surface area contributed by atoms with Crippen LogP contribution in [0.3, 0.4) is 0 Å². The minimum absolute atomic E-state index is 0.199. The quantitative estimate of drug-likeness (QED) is 0.674. The number of hydrogen-bond donors (Lipinski definition) is 1. The van der Waals surface area contributed by atoms with Crippen molar-refractivity contribution in [1.82, 2.24) is 4.57 Å². The summed E-state index contributed by atoms with van der Waals surface area (Å²) in [6.07, 6.45) is 0. The number of ether oxygens (including phenoxy) is 1. The van der Waals surface area contributed by atoms with Crippen LogP contribution in [0.1, 0.15) is 23.0 Å². The highest BCUT2D eigenvalue weighted by Crippen LogP contribution is 2.14. The fourth-order valence-electron chi connectivity index (χ4n) is 2.08. The highest BCUT2D eigenvalue weighted by Gasteiger charge is 2.09. The monoisotopic (exact) mass is 286 g/mol. The normalized spacial score (nSPS) is 10.4. The summed E-state index contributed by atoms with van der Waals surface area (Å²) in [6, 6.07) is 10.4. The van der Waals surface area contributed by atoms with Crippen LogP contribution in [-0.4, -0.2) is 17.0 Å². The number of nitrogens with two attached hydrogens (primary N) is 1. The van der Waals surface area contributed by atoms with E-state index in [1.807, 2.05) is 6.92 Å². The zero-order valence-corrected chi connectivity index (χ0v) is 12.1. The Kier molecular flexibility index (Phi) is 4.42. The van der Waals surface area contributed by atoms with E-state index in [0.29, 0.717) is 24.6 Å². The molecule has 0 radical (unpaired) electrons. The molecule has 21 heavy (non-hydrogen) atoms. The van der Waals surface area contributed by atoms with E-state index in [-0.39, 0.29) is 16.9 Å². The van der Waals surface area contributed by atoms with Gasteiger partial charge in [-0.15, -0.1) is 0 Å². The molecule has 2 rings (SSSR count). The van der Waals surface area contributed by atoms with E-state index in [4.69, 9.17) is 10.5 Å². The number of carbonyl (C=O) groups is 1. The Labute approximate surface area is 123 Å². The standard InChI is InChI=1S/C16H18N2O3/c1-11-6-7-15(12(2)19)16(20)18(11)8-9-21-14-5-3-4-13(17)10-14/h3-7,10H,8-9,17H2,1-2H3. The molecule has 110 valence electrons. The molecular formula is C16H18N2O3. The van der Waals surface area contributed by atoms with Crippen molar-refractivity contribution in [2.75, 3.05) is 12.3 Å². The second-order valence-corrected chi connectivity index (χ2v) is 4.82. The Morgan fingerprint density at radius 1 is 1.29 bits per heavy atom. The molecule has 1 aromatic heterocycles. The summed E-state index contributed by atoms with van der Waals surface area (Å²) in [5.74, 6) is 0.425. The largest absolute Gasteiger partial charge is 0.492 e. The number of rotatable bonds is 5. The average Bonchev–Trinajstić information content (AvgIpc) is 2.42. The number of aryl methyl sites for hydroxylation is 1. The Hall–Kier alpha value is -2.56. The van der Waals surface area contributed by atoms with Gasteiger partial charge in [-0.1, -0.05) is 6.07 Å². The third-order valence-electron chi connectivity index (χ3n) is 3.21. The molecule has 0 aliphatic carbocycles. The van der Waals surface area contributed by atoms with E-state index in [1.54, 1.807) is 41.0 Å². The number of nitrogens with zero attached hydrogens (tertiary/aromatic N) is 1. The number of Topliss-reactive ketones (excluding diaryl/α,β-unsaturated/α-hetero) is 1. The van der Waals surface area contributed by atoms with Crippen molar-refractivity contribution in [3.63, 3.8) is 0 Å². The third kappa shape index (κ3) is 3.51. The zero-order valence-electron chi connectivity index (χ0n) is 12.1. The van der Waals surface area contributed by atoms with Gasteiger partial charge in [0.2, 0.25) is 0 Å². The Balaban J connectivity index is 2.12. The second-order valence-electron chi connectivity index (χ2n) is 4.82. The maximum Gasteiger partial charge on any atom is 0.261 e. The molecule has 0 bridgehead atoms. The van der Waals surface area contributed by atoms with E-state index < -0.39 is 0 Å². The molecule has 0 atom stereocenters. The Morgan fingerprint density at radius 2 is 2.05 bits per heavy atom. The van der Waals surface area contributed by atoms with Crippen LogP contribution in [0.5, 0.6) is 5.75 Å². The lowest BCUT2D eigenvalue weighted by Crippen LogP contribution is -2.29. The predicted molar refractivity (Wildman–Crippen MR) is 81.8 cm³/mol. The number of anilines is 1. The molecule has 0 amide bonds. The summed E-state index contributed by atoms with van der Waals surface area (Å²) >= 11 is 0. The summed E-state index contributed by atoms with van der Waals surface area (Å²) in [6.45, 7) is 3.91. The van der Waals surface area contributed by atoms with Crippen molar-refractivity contribution in [2.45, 2.75) is 20.4 Å². The SMILES string of the molecule is CC(=O)c1ccc(C)n(CCOc2cccc(N)c2)c1=O. The summed E-state index contributed by atoms with van der Waals surface area (Å²) < 4.78 is 7.12. The van der Waals surface area contributed by atoms with Crippen LogP contribution < -0.4 is 16.0 Å². The lowest BCUT2D eigenvalue weighted by molar-refractivity contribution is 0.101. The highest BCUT2D eigenvalue weighted by molar-refractivity contribution is 5.93. The molecular weight excluding hydrogens is 268 g/mol. The van der Waals surface area contributed by atoms with Crippen LogP contribution in [-0.2, 0) is 6.54 Å². The first-order valence-corrected chi connectivity index (χ1v) is 6.69.